The number of rotatable bonds is 2. The van der Waals surface area contributed by atoms with Crippen LogP contribution in [0.5, 0.6) is 0 Å². The number of piperazine rings is 1. The first kappa shape index (κ1) is 14.6. The minimum absolute atomic E-state index is 0.441. The summed E-state index contributed by atoms with van der Waals surface area (Å²) in [6.07, 6.45) is 0.769. The van der Waals surface area contributed by atoms with E-state index in [4.69, 9.17) is 0 Å². The van der Waals surface area contributed by atoms with Crippen molar-refractivity contribution in [1.82, 2.24) is 9.88 Å². The summed E-state index contributed by atoms with van der Waals surface area (Å²) in [5, 5.41) is 0. The van der Waals surface area contributed by atoms with Gasteiger partial charge in [0.2, 0.25) is 0 Å². The van der Waals surface area contributed by atoms with Gasteiger partial charge in [-0.25, -0.2) is 4.98 Å². The first-order valence-corrected chi connectivity index (χ1v) is 7.57. The quantitative estimate of drug-likeness (QED) is 0.836. The zero-order chi connectivity index (χ0) is 14.9. The molecule has 0 spiro atoms. The molecule has 2 heterocycles. The maximum Gasteiger partial charge on any atom is 0.433 e. The Morgan fingerprint density at radius 2 is 1.67 bits per heavy atom. The lowest BCUT2D eigenvalue weighted by molar-refractivity contribution is -0.141. The Kier molecular flexibility index (Phi) is 4.06. The zero-order valence-electron chi connectivity index (χ0n) is 11.9. The molecule has 1 aliphatic heterocycles. The molecule has 2 fully saturated rings. The molecule has 0 amide bonds. The fraction of sp³-hybridized carbons (Fsp3) is 0.667. The second-order valence-electron chi connectivity index (χ2n) is 5.84. The summed E-state index contributed by atoms with van der Waals surface area (Å²) in [5.74, 6) is 0.441. The van der Waals surface area contributed by atoms with Crippen molar-refractivity contribution in [2.45, 2.75) is 37.9 Å². The van der Waals surface area contributed by atoms with Crippen LogP contribution in [0.3, 0.4) is 0 Å². The van der Waals surface area contributed by atoms with Crippen LogP contribution >= 0.6 is 0 Å². The summed E-state index contributed by atoms with van der Waals surface area (Å²) in [6.45, 7) is 3.35. The minimum atomic E-state index is -4.37. The number of nitrogens with zero attached hydrogens (tertiary/aromatic N) is 3. The Hall–Kier alpha value is -1.30. The lowest BCUT2D eigenvalue weighted by atomic mass is 10.2. The van der Waals surface area contributed by atoms with Crippen molar-refractivity contribution in [3.63, 3.8) is 0 Å². The summed E-state index contributed by atoms with van der Waals surface area (Å²) in [5.41, 5.74) is -0.807. The highest BCUT2D eigenvalue weighted by molar-refractivity contribution is 5.40. The Labute approximate surface area is 122 Å². The molecule has 21 heavy (non-hydrogen) atoms. The van der Waals surface area contributed by atoms with E-state index in [0.717, 1.165) is 32.2 Å². The van der Waals surface area contributed by atoms with Gasteiger partial charge in [-0.3, -0.25) is 4.90 Å². The molecule has 0 unspecified atom stereocenters. The van der Waals surface area contributed by atoms with Gasteiger partial charge in [-0.05, 0) is 25.0 Å². The Morgan fingerprint density at radius 1 is 1.00 bits per heavy atom. The first-order chi connectivity index (χ1) is 10.0. The van der Waals surface area contributed by atoms with Crippen molar-refractivity contribution in [1.29, 1.82) is 0 Å². The van der Waals surface area contributed by atoms with Gasteiger partial charge in [0.05, 0.1) is 0 Å². The Bertz CT molecular complexity index is 475. The van der Waals surface area contributed by atoms with Crippen LogP contribution in [0.1, 0.15) is 31.4 Å². The fourth-order valence-electron chi connectivity index (χ4n) is 3.34. The van der Waals surface area contributed by atoms with Crippen molar-refractivity contribution >= 4 is 5.82 Å². The molecule has 0 bridgehead atoms. The van der Waals surface area contributed by atoms with E-state index in [2.05, 4.69) is 9.88 Å². The highest BCUT2D eigenvalue weighted by Gasteiger charge is 2.33. The number of pyridine rings is 1. The van der Waals surface area contributed by atoms with E-state index in [0.29, 0.717) is 11.9 Å². The van der Waals surface area contributed by atoms with Crippen molar-refractivity contribution in [3.05, 3.63) is 23.9 Å². The second kappa shape index (κ2) is 5.83. The van der Waals surface area contributed by atoms with Crippen LogP contribution in [-0.2, 0) is 6.18 Å². The molecule has 6 heteroatoms. The summed E-state index contributed by atoms with van der Waals surface area (Å²) >= 11 is 0. The molecule has 1 aromatic rings. The molecular formula is C15H20F3N3. The molecule has 0 radical (unpaired) electrons. The summed E-state index contributed by atoms with van der Waals surface area (Å²) in [7, 11) is 0. The predicted molar refractivity (Wildman–Crippen MR) is 75.3 cm³/mol. The molecule has 0 atom stereocenters. The van der Waals surface area contributed by atoms with Crippen molar-refractivity contribution in [3.8, 4) is 0 Å². The largest absolute Gasteiger partial charge is 0.433 e. The standard InChI is InChI=1S/C15H20F3N3/c16-15(17,18)13-6-3-7-14(19-13)21-10-8-20(9-11-21)12-4-1-2-5-12/h3,6-7,12H,1-2,4-5,8-11H2. The summed E-state index contributed by atoms with van der Waals surface area (Å²) < 4.78 is 38.1. The molecule has 1 aromatic heterocycles. The van der Waals surface area contributed by atoms with E-state index in [9.17, 15) is 13.2 Å². The van der Waals surface area contributed by atoms with Gasteiger partial charge >= 0.3 is 6.18 Å². The molecule has 2 aliphatic rings. The van der Waals surface area contributed by atoms with Gasteiger partial charge in [0.15, 0.2) is 0 Å². The molecule has 3 rings (SSSR count). The highest BCUT2D eigenvalue weighted by atomic mass is 19.4. The van der Waals surface area contributed by atoms with E-state index in [-0.39, 0.29) is 0 Å². The summed E-state index contributed by atoms with van der Waals surface area (Å²) in [4.78, 5) is 8.21. The lowest BCUT2D eigenvalue weighted by Crippen LogP contribution is -2.50. The van der Waals surface area contributed by atoms with Crippen molar-refractivity contribution < 1.29 is 13.2 Å². The van der Waals surface area contributed by atoms with Gasteiger partial charge in [0.1, 0.15) is 11.5 Å². The zero-order valence-corrected chi connectivity index (χ0v) is 11.9. The van der Waals surface area contributed by atoms with E-state index in [1.807, 2.05) is 4.90 Å². The van der Waals surface area contributed by atoms with Gasteiger partial charge < -0.3 is 4.90 Å². The normalized spacial score (nSPS) is 22.0. The van der Waals surface area contributed by atoms with Crippen LogP contribution in [0.2, 0.25) is 0 Å². The van der Waals surface area contributed by atoms with E-state index >= 15 is 0 Å². The fourth-order valence-corrected chi connectivity index (χ4v) is 3.34. The molecule has 116 valence electrons. The van der Waals surface area contributed by atoms with Gasteiger partial charge in [-0.2, -0.15) is 13.2 Å². The third-order valence-electron chi connectivity index (χ3n) is 4.50. The van der Waals surface area contributed by atoms with Crippen LogP contribution < -0.4 is 4.90 Å². The molecule has 0 N–H and O–H groups in total. The van der Waals surface area contributed by atoms with Crippen LogP contribution in [0, 0.1) is 0 Å². The van der Waals surface area contributed by atoms with Crippen molar-refractivity contribution in [2.75, 3.05) is 31.1 Å². The van der Waals surface area contributed by atoms with Gasteiger partial charge in [0, 0.05) is 32.2 Å². The molecule has 1 aliphatic carbocycles. The molecule has 1 saturated heterocycles. The number of aromatic nitrogens is 1. The van der Waals surface area contributed by atoms with E-state index < -0.39 is 11.9 Å². The Morgan fingerprint density at radius 3 is 2.29 bits per heavy atom. The van der Waals surface area contributed by atoms with Crippen LogP contribution in [0.15, 0.2) is 18.2 Å². The Balaban J connectivity index is 1.64. The predicted octanol–water partition coefficient (Wildman–Crippen LogP) is 3.17. The van der Waals surface area contributed by atoms with Gasteiger partial charge in [0.25, 0.3) is 0 Å². The third kappa shape index (κ3) is 3.31. The number of hydrogen-bond donors (Lipinski definition) is 0. The maximum atomic E-state index is 12.7. The SMILES string of the molecule is FC(F)(F)c1cccc(N2CCN(C3CCCC3)CC2)n1. The number of alkyl halides is 3. The van der Waals surface area contributed by atoms with Crippen molar-refractivity contribution in [2.24, 2.45) is 0 Å². The van der Waals surface area contributed by atoms with Gasteiger partial charge in [-0.15, -0.1) is 0 Å². The number of halogens is 3. The van der Waals surface area contributed by atoms with E-state index in [1.54, 1.807) is 6.07 Å². The van der Waals surface area contributed by atoms with Crippen LogP contribution in [-0.4, -0.2) is 42.1 Å². The topological polar surface area (TPSA) is 19.4 Å². The third-order valence-corrected chi connectivity index (χ3v) is 4.50. The van der Waals surface area contributed by atoms with Crippen LogP contribution in [0.4, 0.5) is 19.0 Å². The van der Waals surface area contributed by atoms with Crippen LogP contribution in [0.25, 0.3) is 0 Å². The number of anilines is 1. The first-order valence-electron chi connectivity index (χ1n) is 7.57. The highest BCUT2D eigenvalue weighted by Crippen LogP contribution is 2.29. The average Bonchev–Trinajstić information content (AvgIpc) is 3.01. The number of hydrogen-bond acceptors (Lipinski definition) is 3. The second-order valence-corrected chi connectivity index (χ2v) is 5.84. The molecule has 3 nitrogen and oxygen atoms in total. The smallest absolute Gasteiger partial charge is 0.354 e. The molecule has 0 aromatic carbocycles. The molecular weight excluding hydrogens is 279 g/mol. The molecule has 1 saturated carbocycles. The van der Waals surface area contributed by atoms with Gasteiger partial charge in [-0.1, -0.05) is 18.9 Å². The maximum absolute atomic E-state index is 12.7. The summed E-state index contributed by atoms with van der Waals surface area (Å²) in [6, 6.07) is 4.81. The lowest BCUT2D eigenvalue weighted by Gasteiger charge is -2.38. The monoisotopic (exact) mass is 299 g/mol. The van der Waals surface area contributed by atoms with E-state index in [1.165, 1.54) is 31.7 Å². The average molecular weight is 299 g/mol. The minimum Gasteiger partial charge on any atom is -0.354 e.